The number of aromatic amines is 1. The van der Waals surface area contributed by atoms with Gasteiger partial charge in [0.15, 0.2) is 5.78 Å². The molecule has 0 atom stereocenters. The first-order valence-corrected chi connectivity index (χ1v) is 6.44. The van der Waals surface area contributed by atoms with E-state index in [-0.39, 0.29) is 11.5 Å². The molecule has 0 aliphatic heterocycles. The van der Waals surface area contributed by atoms with Gasteiger partial charge in [0.1, 0.15) is 0 Å². The van der Waals surface area contributed by atoms with Crippen LogP contribution in [0.25, 0.3) is 10.9 Å². The largest absolute Gasteiger partial charge is 0.360 e. The van der Waals surface area contributed by atoms with Gasteiger partial charge in [0.2, 0.25) is 0 Å². The van der Waals surface area contributed by atoms with Gasteiger partial charge in [-0.15, -0.1) is 0 Å². The molecule has 6 heteroatoms. The van der Waals surface area contributed by atoms with Crippen molar-refractivity contribution in [3.05, 3.63) is 62.5 Å². The summed E-state index contributed by atoms with van der Waals surface area (Å²) < 4.78 is 0. The highest BCUT2D eigenvalue weighted by atomic mass is 32.1. The molecule has 0 aliphatic rings. The van der Waals surface area contributed by atoms with Gasteiger partial charge in [-0.25, -0.2) is 0 Å². The van der Waals surface area contributed by atoms with Crippen LogP contribution in [0.3, 0.4) is 0 Å². The first-order valence-electron chi connectivity index (χ1n) is 5.50. The molecular formula is C13H8N2O3S. The molecule has 0 radical (unpaired) electrons. The summed E-state index contributed by atoms with van der Waals surface area (Å²) in [5.41, 5.74) is 1.41. The van der Waals surface area contributed by atoms with Crippen LogP contribution in [0.15, 0.2) is 41.2 Å². The maximum Gasteiger partial charge on any atom is 0.279 e. The van der Waals surface area contributed by atoms with Crippen LogP contribution in [0.1, 0.15) is 15.9 Å². The number of benzene rings is 1. The van der Waals surface area contributed by atoms with Crippen LogP contribution in [0.2, 0.25) is 0 Å². The second-order valence-electron chi connectivity index (χ2n) is 4.00. The Balaban J connectivity index is 2.25. The number of fused-ring (bicyclic) bond motifs is 1. The van der Waals surface area contributed by atoms with Crippen molar-refractivity contribution in [3.8, 4) is 0 Å². The van der Waals surface area contributed by atoms with E-state index in [4.69, 9.17) is 0 Å². The van der Waals surface area contributed by atoms with Gasteiger partial charge in [0.05, 0.1) is 21.4 Å². The van der Waals surface area contributed by atoms with Crippen LogP contribution < -0.4 is 0 Å². The fraction of sp³-hybridized carbons (Fsp3) is 0. The summed E-state index contributed by atoms with van der Waals surface area (Å²) in [6.07, 6.45) is 1.53. The number of aromatic nitrogens is 1. The van der Waals surface area contributed by atoms with Crippen molar-refractivity contribution >= 4 is 33.7 Å². The van der Waals surface area contributed by atoms with Gasteiger partial charge < -0.3 is 4.98 Å². The number of carbonyl (C=O) groups excluding carboxylic acids is 1. The molecule has 0 saturated carbocycles. The molecule has 0 fully saturated rings. The summed E-state index contributed by atoms with van der Waals surface area (Å²) in [5, 5.41) is 15.0. The first kappa shape index (κ1) is 11.6. The minimum atomic E-state index is -0.472. The summed E-state index contributed by atoms with van der Waals surface area (Å²) >= 11 is 1.42. The highest BCUT2D eigenvalue weighted by molar-refractivity contribution is 7.08. The summed E-state index contributed by atoms with van der Waals surface area (Å²) in [5.74, 6) is -0.207. The quantitative estimate of drug-likeness (QED) is 0.451. The zero-order valence-electron chi connectivity index (χ0n) is 9.62. The number of carbonyl (C=O) groups is 1. The van der Waals surface area contributed by atoms with Crippen LogP contribution >= 0.6 is 11.3 Å². The highest BCUT2D eigenvalue weighted by Crippen LogP contribution is 2.30. The third kappa shape index (κ3) is 1.82. The summed E-state index contributed by atoms with van der Waals surface area (Å²) in [6, 6.07) is 6.42. The molecule has 1 aromatic carbocycles. The molecule has 0 saturated heterocycles. The van der Waals surface area contributed by atoms with Gasteiger partial charge in [-0.05, 0) is 17.5 Å². The number of nitro groups is 1. The predicted molar refractivity (Wildman–Crippen MR) is 72.7 cm³/mol. The lowest BCUT2D eigenvalue weighted by atomic mass is 10.0. The van der Waals surface area contributed by atoms with Crippen molar-refractivity contribution in [3.63, 3.8) is 0 Å². The van der Waals surface area contributed by atoms with E-state index in [0.717, 1.165) is 0 Å². The van der Waals surface area contributed by atoms with E-state index in [1.54, 1.807) is 29.0 Å². The van der Waals surface area contributed by atoms with Crippen molar-refractivity contribution in [1.82, 2.24) is 4.98 Å². The predicted octanol–water partition coefficient (Wildman–Crippen LogP) is 3.37. The first-order chi connectivity index (χ1) is 9.18. The Kier molecular flexibility index (Phi) is 2.64. The van der Waals surface area contributed by atoms with Crippen molar-refractivity contribution in [1.29, 1.82) is 0 Å². The number of hydrogen-bond acceptors (Lipinski definition) is 4. The van der Waals surface area contributed by atoms with Crippen LogP contribution in [0, 0.1) is 10.1 Å². The van der Waals surface area contributed by atoms with E-state index in [0.29, 0.717) is 22.0 Å². The second kappa shape index (κ2) is 4.33. The summed E-state index contributed by atoms with van der Waals surface area (Å²) in [6.45, 7) is 0. The second-order valence-corrected chi connectivity index (χ2v) is 4.78. The number of nitro benzene ring substituents is 1. The third-order valence-corrected chi connectivity index (χ3v) is 3.59. The molecule has 2 heterocycles. The number of ketones is 1. The lowest BCUT2D eigenvalue weighted by Crippen LogP contribution is -1.99. The van der Waals surface area contributed by atoms with E-state index in [1.807, 2.05) is 0 Å². The monoisotopic (exact) mass is 272 g/mol. The number of thiophene rings is 1. The standard InChI is InChI=1S/C13H8N2O3S/c16-13(8-4-5-19-7-8)9-6-14-10-2-1-3-11(12(9)10)15(17)18/h1-7,14H. The SMILES string of the molecule is O=C(c1ccsc1)c1c[nH]c2cccc([N+](=O)[O-])c12. The van der Waals surface area contributed by atoms with E-state index in [2.05, 4.69) is 4.98 Å². The van der Waals surface area contributed by atoms with E-state index < -0.39 is 4.92 Å². The zero-order chi connectivity index (χ0) is 13.4. The zero-order valence-corrected chi connectivity index (χ0v) is 10.4. The molecule has 0 aliphatic carbocycles. The Hall–Kier alpha value is -2.47. The van der Waals surface area contributed by atoms with Gasteiger partial charge in [0, 0.05) is 23.2 Å². The lowest BCUT2D eigenvalue weighted by Gasteiger charge is -1.98. The smallest absolute Gasteiger partial charge is 0.279 e. The van der Waals surface area contributed by atoms with Crippen LogP contribution in [-0.4, -0.2) is 15.7 Å². The average Bonchev–Trinajstić information content (AvgIpc) is 3.06. The number of H-pyrrole nitrogens is 1. The molecule has 19 heavy (non-hydrogen) atoms. The molecule has 3 aromatic rings. The molecule has 1 N–H and O–H groups in total. The molecule has 5 nitrogen and oxygen atoms in total. The normalized spacial score (nSPS) is 10.7. The van der Waals surface area contributed by atoms with Crippen molar-refractivity contribution in [2.45, 2.75) is 0 Å². The molecule has 0 amide bonds. The van der Waals surface area contributed by atoms with Gasteiger partial charge in [-0.1, -0.05) is 6.07 Å². The molecule has 94 valence electrons. The van der Waals surface area contributed by atoms with Crippen molar-refractivity contribution in [2.24, 2.45) is 0 Å². The summed E-state index contributed by atoms with van der Waals surface area (Å²) in [4.78, 5) is 25.8. The minimum Gasteiger partial charge on any atom is -0.360 e. The minimum absolute atomic E-state index is 0.0580. The maximum atomic E-state index is 12.3. The number of nitrogens with zero attached hydrogens (tertiary/aromatic N) is 1. The van der Waals surface area contributed by atoms with Crippen molar-refractivity contribution < 1.29 is 9.72 Å². The number of nitrogens with one attached hydrogen (secondary N) is 1. The fourth-order valence-electron chi connectivity index (χ4n) is 2.05. The molecule has 0 bridgehead atoms. The molecular weight excluding hydrogens is 264 g/mol. The Labute approximate surface area is 111 Å². The van der Waals surface area contributed by atoms with Crippen LogP contribution in [-0.2, 0) is 0 Å². The number of non-ortho nitro benzene ring substituents is 1. The van der Waals surface area contributed by atoms with Gasteiger partial charge in [-0.3, -0.25) is 14.9 Å². The Morgan fingerprint density at radius 3 is 2.84 bits per heavy atom. The Bertz CT molecular complexity index is 774. The van der Waals surface area contributed by atoms with Crippen LogP contribution in [0.5, 0.6) is 0 Å². The molecule has 0 unspecified atom stereocenters. The Morgan fingerprint density at radius 1 is 1.32 bits per heavy atom. The molecule has 3 rings (SSSR count). The topological polar surface area (TPSA) is 76.0 Å². The van der Waals surface area contributed by atoms with E-state index in [9.17, 15) is 14.9 Å². The van der Waals surface area contributed by atoms with Crippen molar-refractivity contribution in [2.75, 3.05) is 0 Å². The van der Waals surface area contributed by atoms with Gasteiger partial charge in [-0.2, -0.15) is 11.3 Å². The molecule has 0 spiro atoms. The maximum absolute atomic E-state index is 12.3. The number of rotatable bonds is 3. The Morgan fingerprint density at radius 2 is 2.16 bits per heavy atom. The summed E-state index contributed by atoms with van der Waals surface area (Å²) in [7, 11) is 0. The fourth-order valence-corrected chi connectivity index (χ4v) is 2.68. The molecule has 2 aromatic heterocycles. The van der Waals surface area contributed by atoms with Gasteiger partial charge >= 0.3 is 0 Å². The lowest BCUT2D eigenvalue weighted by molar-refractivity contribution is -0.383. The average molecular weight is 272 g/mol. The van der Waals surface area contributed by atoms with E-state index >= 15 is 0 Å². The number of hydrogen-bond donors (Lipinski definition) is 1. The van der Waals surface area contributed by atoms with E-state index in [1.165, 1.54) is 23.6 Å². The highest BCUT2D eigenvalue weighted by Gasteiger charge is 2.21. The van der Waals surface area contributed by atoms with Crippen LogP contribution in [0.4, 0.5) is 5.69 Å². The van der Waals surface area contributed by atoms with Gasteiger partial charge in [0.25, 0.3) is 5.69 Å². The third-order valence-electron chi connectivity index (χ3n) is 2.91.